The molecule has 66 valence electrons. The SMILES string of the molecule is O=S(O)NCC1CCCCO1. The quantitative estimate of drug-likeness (QED) is 0.612. The molecule has 0 spiro atoms. The van der Waals surface area contributed by atoms with E-state index in [9.17, 15) is 4.21 Å². The zero-order valence-electron chi connectivity index (χ0n) is 6.28. The zero-order valence-corrected chi connectivity index (χ0v) is 7.10. The molecule has 2 N–H and O–H groups in total. The molecule has 2 atom stereocenters. The van der Waals surface area contributed by atoms with Crippen LogP contribution >= 0.6 is 0 Å². The summed E-state index contributed by atoms with van der Waals surface area (Å²) < 4.78 is 26.3. The first-order valence-corrected chi connectivity index (χ1v) is 4.85. The second-order valence-corrected chi connectivity index (χ2v) is 3.37. The lowest BCUT2D eigenvalue weighted by Crippen LogP contribution is -2.32. The van der Waals surface area contributed by atoms with Gasteiger partial charge in [-0.25, -0.2) is 8.93 Å². The Labute approximate surface area is 68.7 Å². The Bertz CT molecular complexity index is 136. The summed E-state index contributed by atoms with van der Waals surface area (Å²) in [7, 11) is 0. The Morgan fingerprint density at radius 1 is 1.64 bits per heavy atom. The van der Waals surface area contributed by atoms with Crippen LogP contribution in [0.4, 0.5) is 0 Å². The van der Waals surface area contributed by atoms with Gasteiger partial charge in [-0.3, -0.25) is 4.55 Å². The van der Waals surface area contributed by atoms with Gasteiger partial charge in [0.2, 0.25) is 11.3 Å². The van der Waals surface area contributed by atoms with Gasteiger partial charge in [0, 0.05) is 13.2 Å². The molecule has 1 aliphatic rings. The van der Waals surface area contributed by atoms with E-state index >= 15 is 0 Å². The molecule has 5 heteroatoms. The summed E-state index contributed by atoms with van der Waals surface area (Å²) in [5, 5.41) is 0. The summed E-state index contributed by atoms with van der Waals surface area (Å²) in [5.41, 5.74) is 0. The molecule has 0 aromatic carbocycles. The smallest absolute Gasteiger partial charge is 0.231 e. The van der Waals surface area contributed by atoms with Gasteiger partial charge in [0.25, 0.3) is 0 Å². The minimum Gasteiger partial charge on any atom is -0.377 e. The lowest BCUT2D eigenvalue weighted by molar-refractivity contribution is 0.0200. The lowest BCUT2D eigenvalue weighted by Gasteiger charge is -2.21. The first-order chi connectivity index (χ1) is 5.29. The van der Waals surface area contributed by atoms with Crippen LogP contribution in [0.5, 0.6) is 0 Å². The molecule has 1 rings (SSSR count). The van der Waals surface area contributed by atoms with Crippen LogP contribution in [0.15, 0.2) is 0 Å². The second kappa shape index (κ2) is 4.82. The van der Waals surface area contributed by atoms with E-state index in [2.05, 4.69) is 4.72 Å². The largest absolute Gasteiger partial charge is 0.377 e. The zero-order chi connectivity index (χ0) is 8.10. The number of ether oxygens (including phenoxy) is 1. The third-order valence-corrected chi connectivity index (χ3v) is 2.12. The van der Waals surface area contributed by atoms with Crippen LogP contribution in [-0.2, 0) is 16.0 Å². The monoisotopic (exact) mass is 179 g/mol. The number of rotatable bonds is 3. The predicted molar refractivity (Wildman–Crippen MR) is 42.4 cm³/mol. The summed E-state index contributed by atoms with van der Waals surface area (Å²) in [5.74, 6) is 0. The Balaban J connectivity index is 2.09. The van der Waals surface area contributed by atoms with Gasteiger partial charge in [0.1, 0.15) is 0 Å². The number of nitrogens with one attached hydrogen (secondary N) is 1. The van der Waals surface area contributed by atoms with Gasteiger partial charge in [0.05, 0.1) is 6.10 Å². The van der Waals surface area contributed by atoms with Crippen molar-refractivity contribution in [2.45, 2.75) is 25.4 Å². The Hall–Kier alpha value is 0.0300. The van der Waals surface area contributed by atoms with E-state index in [0.717, 1.165) is 25.9 Å². The first kappa shape index (κ1) is 9.12. The summed E-state index contributed by atoms with van der Waals surface area (Å²) in [4.78, 5) is 0. The van der Waals surface area contributed by atoms with Crippen molar-refractivity contribution in [3.63, 3.8) is 0 Å². The minimum atomic E-state index is -1.90. The molecule has 0 aromatic rings. The normalized spacial score (nSPS) is 28.3. The molecule has 0 saturated carbocycles. The summed E-state index contributed by atoms with van der Waals surface area (Å²) in [6.07, 6.45) is 3.38. The maximum absolute atomic E-state index is 10.2. The van der Waals surface area contributed by atoms with Crippen LogP contribution in [0.2, 0.25) is 0 Å². The molecule has 1 saturated heterocycles. The van der Waals surface area contributed by atoms with Gasteiger partial charge in [-0.2, -0.15) is 0 Å². The molecule has 1 aliphatic heterocycles. The van der Waals surface area contributed by atoms with E-state index in [1.54, 1.807) is 0 Å². The van der Waals surface area contributed by atoms with Gasteiger partial charge >= 0.3 is 0 Å². The Morgan fingerprint density at radius 3 is 3.00 bits per heavy atom. The van der Waals surface area contributed by atoms with E-state index in [1.807, 2.05) is 0 Å². The number of hydrogen-bond acceptors (Lipinski definition) is 2. The van der Waals surface area contributed by atoms with Crippen LogP contribution in [0.3, 0.4) is 0 Å². The maximum atomic E-state index is 10.2. The lowest BCUT2D eigenvalue weighted by atomic mass is 10.1. The van der Waals surface area contributed by atoms with Crippen LogP contribution < -0.4 is 4.72 Å². The van der Waals surface area contributed by atoms with Gasteiger partial charge < -0.3 is 4.74 Å². The van der Waals surface area contributed by atoms with Gasteiger partial charge in [-0.1, -0.05) is 0 Å². The fourth-order valence-electron chi connectivity index (χ4n) is 1.13. The third-order valence-electron chi connectivity index (χ3n) is 1.71. The highest BCUT2D eigenvalue weighted by molar-refractivity contribution is 7.77. The molecule has 1 heterocycles. The highest BCUT2D eigenvalue weighted by atomic mass is 32.2. The van der Waals surface area contributed by atoms with E-state index in [4.69, 9.17) is 9.29 Å². The van der Waals surface area contributed by atoms with E-state index in [0.29, 0.717) is 6.54 Å². The number of hydrogen-bond donors (Lipinski definition) is 2. The van der Waals surface area contributed by atoms with Crippen molar-refractivity contribution >= 4 is 11.3 Å². The van der Waals surface area contributed by atoms with E-state index < -0.39 is 11.3 Å². The molecular weight excluding hydrogens is 166 g/mol. The minimum absolute atomic E-state index is 0.125. The fourth-order valence-corrected chi connectivity index (χ4v) is 1.46. The Kier molecular flexibility index (Phi) is 3.99. The van der Waals surface area contributed by atoms with Crippen LogP contribution in [0.1, 0.15) is 19.3 Å². The average Bonchev–Trinajstić information content (AvgIpc) is 2.03. The van der Waals surface area contributed by atoms with Crippen molar-refractivity contribution in [1.29, 1.82) is 0 Å². The van der Waals surface area contributed by atoms with Crippen molar-refractivity contribution < 1.29 is 13.5 Å². The summed E-state index contributed by atoms with van der Waals surface area (Å²) in [6, 6.07) is 0. The van der Waals surface area contributed by atoms with Crippen LogP contribution in [-0.4, -0.2) is 28.0 Å². The van der Waals surface area contributed by atoms with Crippen LogP contribution in [0.25, 0.3) is 0 Å². The van der Waals surface area contributed by atoms with E-state index in [1.165, 1.54) is 0 Å². The molecular formula is C6H13NO3S. The average molecular weight is 179 g/mol. The summed E-state index contributed by atoms with van der Waals surface area (Å²) in [6.45, 7) is 1.26. The topological polar surface area (TPSA) is 58.6 Å². The van der Waals surface area contributed by atoms with Crippen molar-refractivity contribution in [3.05, 3.63) is 0 Å². The molecule has 11 heavy (non-hydrogen) atoms. The molecule has 0 bridgehead atoms. The van der Waals surface area contributed by atoms with Crippen molar-refractivity contribution in [3.8, 4) is 0 Å². The fraction of sp³-hybridized carbons (Fsp3) is 1.00. The Morgan fingerprint density at radius 2 is 2.45 bits per heavy atom. The third kappa shape index (κ3) is 3.81. The van der Waals surface area contributed by atoms with Gasteiger partial charge in [-0.05, 0) is 19.3 Å². The first-order valence-electron chi connectivity index (χ1n) is 3.75. The molecule has 0 amide bonds. The molecule has 0 aromatic heterocycles. The second-order valence-electron chi connectivity index (χ2n) is 2.59. The van der Waals surface area contributed by atoms with E-state index in [-0.39, 0.29) is 6.10 Å². The van der Waals surface area contributed by atoms with Crippen molar-refractivity contribution in [1.82, 2.24) is 4.72 Å². The maximum Gasteiger partial charge on any atom is 0.231 e. The predicted octanol–water partition coefficient (Wildman–Crippen LogP) is 0.282. The van der Waals surface area contributed by atoms with Crippen molar-refractivity contribution in [2.24, 2.45) is 0 Å². The highest BCUT2D eigenvalue weighted by Crippen LogP contribution is 2.11. The molecule has 1 fully saturated rings. The summed E-state index contributed by atoms with van der Waals surface area (Å²) >= 11 is -1.90. The standard InChI is InChI=1S/C6H13NO3S/c8-11(9)7-5-6-3-1-2-4-10-6/h6-7H,1-5H2,(H,8,9). The molecule has 4 nitrogen and oxygen atoms in total. The van der Waals surface area contributed by atoms with Crippen LogP contribution in [0, 0.1) is 0 Å². The highest BCUT2D eigenvalue weighted by Gasteiger charge is 2.13. The van der Waals surface area contributed by atoms with Gasteiger partial charge in [0.15, 0.2) is 0 Å². The molecule has 0 radical (unpaired) electrons. The van der Waals surface area contributed by atoms with Crippen molar-refractivity contribution in [2.75, 3.05) is 13.2 Å². The van der Waals surface area contributed by atoms with Gasteiger partial charge in [-0.15, -0.1) is 0 Å². The molecule has 2 unspecified atom stereocenters. The molecule has 0 aliphatic carbocycles.